The summed E-state index contributed by atoms with van der Waals surface area (Å²) in [6.07, 6.45) is -1.60. The van der Waals surface area contributed by atoms with Gasteiger partial charge in [-0.3, -0.25) is 0 Å². The molecule has 0 aliphatic carbocycles. The standard InChI is InChI=1S/C19H26O6/c1-18(2)21-11-13-14(23-18)15-16(25-19(3,4)24-15)17(22-13)20-10-12-8-6-5-7-9-12/h5-9,13-17H,10-11H2,1-4H3/t13-,14-,15+,16-,17?/m1/s1. The molecule has 0 saturated carbocycles. The van der Waals surface area contributed by atoms with E-state index in [-0.39, 0.29) is 24.4 Å². The van der Waals surface area contributed by atoms with Gasteiger partial charge in [0.05, 0.1) is 13.2 Å². The third-order valence-corrected chi connectivity index (χ3v) is 4.70. The van der Waals surface area contributed by atoms with Crippen LogP contribution in [0.15, 0.2) is 30.3 Å². The van der Waals surface area contributed by atoms with Crippen molar-refractivity contribution in [2.75, 3.05) is 6.61 Å². The second-order valence-corrected chi connectivity index (χ2v) is 7.70. The molecule has 3 saturated heterocycles. The molecule has 3 heterocycles. The summed E-state index contributed by atoms with van der Waals surface area (Å²) in [6.45, 7) is 8.49. The van der Waals surface area contributed by atoms with E-state index < -0.39 is 17.9 Å². The summed E-state index contributed by atoms with van der Waals surface area (Å²) >= 11 is 0. The van der Waals surface area contributed by atoms with Gasteiger partial charge in [-0.15, -0.1) is 0 Å². The van der Waals surface area contributed by atoms with Crippen molar-refractivity contribution >= 4 is 0 Å². The van der Waals surface area contributed by atoms with Crippen LogP contribution in [-0.4, -0.2) is 48.9 Å². The summed E-state index contributed by atoms with van der Waals surface area (Å²) in [6, 6.07) is 10.0. The third kappa shape index (κ3) is 3.60. The van der Waals surface area contributed by atoms with E-state index in [1.165, 1.54) is 0 Å². The Morgan fingerprint density at radius 1 is 0.920 bits per heavy atom. The van der Waals surface area contributed by atoms with Gasteiger partial charge in [0.2, 0.25) is 0 Å². The highest BCUT2D eigenvalue weighted by Crippen LogP contribution is 2.42. The predicted molar refractivity (Wildman–Crippen MR) is 88.6 cm³/mol. The summed E-state index contributed by atoms with van der Waals surface area (Å²) in [4.78, 5) is 0. The highest BCUT2D eigenvalue weighted by molar-refractivity contribution is 5.13. The molecule has 138 valence electrons. The Morgan fingerprint density at radius 2 is 1.60 bits per heavy atom. The average molecular weight is 350 g/mol. The van der Waals surface area contributed by atoms with Crippen molar-refractivity contribution < 1.29 is 28.4 Å². The SMILES string of the molecule is CC1(C)OC[C@H]2OC(OCc3ccccc3)[C@@H]3OC(C)(C)O[C@H]3[C@@H]2O1. The molecule has 25 heavy (non-hydrogen) atoms. The van der Waals surface area contributed by atoms with Crippen LogP contribution in [-0.2, 0) is 35.0 Å². The van der Waals surface area contributed by atoms with Crippen molar-refractivity contribution in [3.63, 3.8) is 0 Å². The molecule has 0 bridgehead atoms. The minimum atomic E-state index is -0.701. The molecular formula is C19H26O6. The van der Waals surface area contributed by atoms with E-state index in [9.17, 15) is 0 Å². The molecule has 1 aromatic carbocycles. The van der Waals surface area contributed by atoms with E-state index in [0.29, 0.717) is 13.2 Å². The molecule has 1 aromatic rings. The highest BCUT2D eigenvalue weighted by atomic mass is 16.8. The van der Waals surface area contributed by atoms with Gasteiger partial charge in [0.15, 0.2) is 17.9 Å². The fourth-order valence-electron chi connectivity index (χ4n) is 3.63. The first-order chi connectivity index (χ1) is 11.8. The van der Waals surface area contributed by atoms with Gasteiger partial charge in [0.1, 0.15) is 24.4 Å². The van der Waals surface area contributed by atoms with Crippen LogP contribution in [0, 0.1) is 0 Å². The van der Waals surface area contributed by atoms with Gasteiger partial charge in [-0.2, -0.15) is 0 Å². The minimum Gasteiger partial charge on any atom is -0.348 e. The fraction of sp³-hybridized carbons (Fsp3) is 0.684. The number of ether oxygens (including phenoxy) is 6. The molecule has 6 heteroatoms. The van der Waals surface area contributed by atoms with Gasteiger partial charge in [0.25, 0.3) is 0 Å². The van der Waals surface area contributed by atoms with Crippen molar-refractivity contribution in [1.82, 2.24) is 0 Å². The molecular weight excluding hydrogens is 324 g/mol. The highest BCUT2D eigenvalue weighted by Gasteiger charge is 2.58. The maximum absolute atomic E-state index is 6.14. The maximum Gasteiger partial charge on any atom is 0.187 e. The second-order valence-electron chi connectivity index (χ2n) is 7.70. The van der Waals surface area contributed by atoms with E-state index in [1.807, 2.05) is 58.0 Å². The normalized spacial score (nSPS) is 38.8. The van der Waals surface area contributed by atoms with Crippen LogP contribution in [0.25, 0.3) is 0 Å². The molecule has 0 N–H and O–H groups in total. The lowest BCUT2D eigenvalue weighted by Gasteiger charge is -2.48. The van der Waals surface area contributed by atoms with Gasteiger partial charge in [-0.25, -0.2) is 0 Å². The van der Waals surface area contributed by atoms with E-state index in [0.717, 1.165) is 5.56 Å². The lowest BCUT2D eigenvalue weighted by Crippen LogP contribution is -2.63. The lowest BCUT2D eigenvalue weighted by atomic mass is 9.97. The Hall–Kier alpha value is -1.02. The van der Waals surface area contributed by atoms with Crippen LogP contribution >= 0.6 is 0 Å². The van der Waals surface area contributed by atoms with Crippen LogP contribution in [0.5, 0.6) is 0 Å². The van der Waals surface area contributed by atoms with Crippen molar-refractivity contribution in [2.24, 2.45) is 0 Å². The Kier molecular flexibility index (Phi) is 4.38. The third-order valence-electron chi connectivity index (χ3n) is 4.70. The van der Waals surface area contributed by atoms with Crippen molar-refractivity contribution in [1.29, 1.82) is 0 Å². The van der Waals surface area contributed by atoms with Gasteiger partial charge in [0, 0.05) is 0 Å². The molecule has 3 fully saturated rings. The van der Waals surface area contributed by atoms with Gasteiger partial charge >= 0.3 is 0 Å². The first-order valence-corrected chi connectivity index (χ1v) is 8.81. The molecule has 3 aliphatic rings. The zero-order valence-corrected chi connectivity index (χ0v) is 15.1. The Labute approximate surface area is 148 Å². The zero-order valence-electron chi connectivity index (χ0n) is 15.1. The summed E-state index contributed by atoms with van der Waals surface area (Å²) in [5, 5.41) is 0. The van der Waals surface area contributed by atoms with Crippen molar-refractivity contribution in [3.05, 3.63) is 35.9 Å². The van der Waals surface area contributed by atoms with Gasteiger partial charge < -0.3 is 28.4 Å². The topological polar surface area (TPSA) is 55.4 Å². The van der Waals surface area contributed by atoms with Crippen molar-refractivity contribution in [2.45, 2.75) is 76.6 Å². The molecule has 0 spiro atoms. The van der Waals surface area contributed by atoms with E-state index in [2.05, 4.69) is 0 Å². The number of hydrogen-bond acceptors (Lipinski definition) is 6. The van der Waals surface area contributed by atoms with Gasteiger partial charge in [-0.05, 0) is 33.3 Å². The fourth-order valence-corrected chi connectivity index (χ4v) is 3.63. The van der Waals surface area contributed by atoms with Gasteiger partial charge in [-0.1, -0.05) is 30.3 Å². The minimum absolute atomic E-state index is 0.243. The molecule has 1 unspecified atom stereocenters. The summed E-state index contributed by atoms with van der Waals surface area (Å²) < 4.78 is 36.2. The Morgan fingerprint density at radius 3 is 2.36 bits per heavy atom. The Bertz CT molecular complexity index is 601. The second kappa shape index (κ2) is 6.30. The molecule has 0 amide bonds. The first-order valence-electron chi connectivity index (χ1n) is 8.81. The molecule has 3 aliphatic heterocycles. The molecule has 6 nitrogen and oxygen atoms in total. The van der Waals surface area contributed by atoms with E-state index in [1.54, 1.807) is 0 Å². The van der Waals surface area contributed by atoms with Crippen LogP contribution in [0.4, 0.5) is 0 Å². The molecule has 0 aromatic heterocycles. The lowest BCUT2D eigenvalue weighted by molar-refractivity contribution is -0.371. The first kappa shape index (κ1) is 17.4. The van der Waals surface area contributed by atoms with Crippen LogP contribution in [0.1, 0.15) is 33.3 Å². The molecule has 4 rings (SSSR count). The molecule has 5 atom stereocenters. The quantitative estimate of drug-likeness (QED) is 0.835. The average Bonchev–Trinajstić information content (AvgIpc) is 2.89. The number of rotatable bonds is 3. The Balaban J connectivity index is 1.51. The molecule has 0 radical (unpaired) electrons. The number of fused-ring (bicyclic) bond motifs is 3. The van der Waals surface area contributed by atoms with Crippen LogP contribution < -0.4 is 0 Å². The number of hydrogen-bond donors (Lipinski definition) is 0. The number of benzene rings is 1. The summed E-state index contributed by atoms with van der Waals surface area (Å²) in [5.74, 6) is -1.36. The predicted octanol–water partition coefficient (Wildman–Crippen LogP) is 2.60. The van der Waals surface area contributed by atoms with Crippen molar-refractivity contribution in [3.8, 4) is 0 Å². The van der Waals surface area contributed by atoms with Crippen LogP contribution in [0.2, 0.25) is 0 Å². The maximum atomic E-state index is 6.14. The zero-order chi connectivity index (χ0) is 17.7. The summed E-state index contributed by atoms with van der Waals surface area (Å²) in [7, 11) is 0. The monoisotopic (exact) mass is 350 g/mol. The van der Waals surface area contributed by atoms with E-state index >= 15 is 0 Å². The van der Waals surface area contributed by atoms with E-state index in [4.69, 9.17) is 28.4 Å². The smallest absolute Gasteiger partial charge is 0.187 e. The van der Waals surface area contributed by atoms with Crippen LogP contribution in [0.3, 0.4) is 0 Å². The largest absolute Gasteiger partial charge is 0.348 e. The summed E-state index contributed by atoms with van der Waals surface area (Å²) in [5.41, 5.74) is 1.08.